The van der Waals surface area contributed by atoms with Gasteiger partial charge in [-0.25, -0.2) is 0 Å². The van der Waals surface area contributed by atoms with Gasteiger partial charge < -0.3 is 9.84 Å². The molecular formula is C12H14ClF3O2. The number of hydrogen-bond acceptors (Lipinski definition) is 2. The van der Waals surface area contributed by atoms with E-state index in [4.69, 9.17) is 16.3 Å². The number of hydrogen-bond donors (Lipinski definition) is 1. The lowest BCUT2D eigenvalue weighted by atomic mass is 10.1. The minimum atomic E-state index is -4.17. The first kappa shape index (κ1) is 15.1. The highest BCUT2D eigenvalue weighted by Gasteiger charge is 2.26. The predicted molar refractivity (Wildman–Crippen MR) is 62.9 cm³/mol. The van der Waals surface area contributed by atoms with Gasteiger partial charge in [0.05, 0.1) is 12.7 Å². The van der Waals surface area contributed by atoms with Gasteiger partial charge in [-0.1, -0.05) is 11.6 Å². The average Bonchev–Trinajstić information content (AvgIpc) is 2.24. The van der Waals surface area contributed by atoms with Gasteiger partial charge >= 0.3 is 6.18 Å². The number of alkyl halides is 3. The smallest absolute Gasteiger partial charge is 0.389 e. The summed E-state index contributed by atoms with van der Waals surface area (Å²) < 4.78 is 41.0. The highest BCUT2D eigenvalue weighted by atomic mass is 35.5. The molecule has 0 fully saturated rings. The number of aliphatic hydroxyl groups is 1. The number of aliphatic hydroxyl groups excluding tert-OH is 1. The third-order valence-electron chi connectivity index (χ3n) is 2.28. The van der Waals surface area contributed by atoms with E-state index in [0.29, 0.717) is 16.3 Å². The molecule has 0 spiro atoms. The van der Waals surface area contributed by atoms with Crippen LogP contribution in [0.25, 0.3) is 0 Å². The molecule has 1 N–H and O–H groups in total. The quantitative estimate of drug-likeness (QED) is 0.824. The molecule has 0 heterocycles. The number of rotatable bonds is 5. The van der Waals surface area contributed by atoms with Gasteiger partial charge in [-0.3, -0.25) is 0 Å². The van der Waals surface area contributed by atoms with Gasteiger partial charge in [0, 0.05) is 17.0 Å². The first-order chi connectivity index (χ1) is 8.29. The third kappa shape index (κ3) is 5.14. The zero-order chi connectivity index (χ0) is 13.8. The molecule has 2 nitrogen and oxygen atoms in total. The fourth-order valence-electron chi connectivity index (χ4n) is 1.43. The van der Waals surface area contributed by atoms with Crippen molar-refractivity contribution in [3.8, 4) is 5.75 Å². The average molecular weight is 283 g/mol. The first-order valence-electron chi connectivity index (χ1n) is 5.46. The summed E-state index contributed by atoms with van der Waals surface area (Å²) in [7, 11) is 0. The molecule has 0 radical (unpaired) electrons. The fraction of sp³-hybridized carbons (Fsp3) is 0.500. The molecule has 0 saturated carbocycles. The Labute approximate surface area is 108 Å². The van der Waals surface area contributed by atoms with Crippen molar-refractivity contribution >= 4 is 11.6 Å². The van der Waals surface area contributed by atoms with Crippen molar-refractivity contribution in [3.05, 3.63) is 28.8 Å². The Kier molecular flexibility index (Phi) is 5.28. The Hall–Kier alpha value is -0.940. The molecule has 0 aliphatic heterocycles. The van der Waals surface area contributed by atoms with Gasteiger partial charge in [0.1, 0.15) is 5.75 Å². The van der Waals surface area contributed by atoms with Crippen LogP contribution in [0.5, 0.6) is 5.75 Å². The Morgan fingerprint density at radius 2 is 2.06 bits per heavy atom. The number of halogens is 4. The second kappa shape index (κ2) is 6.29. The van der Waals surface area contributed by atoms with Crippen LogP contribution in [0.1, 0.15) is 31.4 Å². The lowest BCUT2D eigenvalue weighted by molar-refractivity contribution is -0.136. The van der Waals surface area contributed by atoms with Crippen LogP contribution in [0.15, 0.2) is 18.2 Å². The third-order valence-corrected chi connectivity index (χ3v) is 2.52. The maximum absolute atomic E-state index is 11.9. The van der Waals surface area contributed by atoms with Crippen molar-refractivity contribution in [1.29, 1.82) is 0 Å². The summed E-state index contributed by atoms with van der Waals surface area (Å²) in [6.07, 6.45) is -5.96. The molecule has 0 aromatic heterocycles. The molecule has 0 saturated heterocycles. The van der Waals surface area contributed by atoms with E-state index < -0.39 is 18.7 Å². The Morgan fingerprint density at radius 3 is 2.61 bits per heavy atom. The normalized spacial score (nSPS) is 13.4. The summed E-state index contributed by atoms with van der Waals surface area (Å²) in [5.74, 6) is 0.358. The van der Waals surface area contributed by atoms with Gasteiger partial charge in [0.2, 0.25) is 0 Å². The maximum Gasteiger partial charge on any atom is 0.389 e. The highest BCUT2D eigenvalue weighted by Crippen LogP contribution is 2.29. The summed E-state index contributed by atoms with van der Waals surface area (Å²) >= 11 is 5.77. The summed E-state index contributed by atoms with van der Waals surface area (Å²) in [5.41, 5.74) is 0.467. The molecule has 1 unspecified atom stereocenters. The van der Waals surface area contributed by atoms with E-state index in [1.54, 1.807) is 6.07 Å². The molecule has 1 rings (SSSR count). The lowest BCUT2D eigenvalue weighted by Crippen LogP contribution is -2.10. The molecule has 1 aromatic rings. The van der Waals surface area contributed by atoms with Crippen LogP contribution < -0.4 is 4.74 Å². The van der Waals surface area contributed by atoms with Crippen molar-refractivity contribution < 1.29 is 23.0 Å². The Balaban J connectivity index is 2.57. The van der Waals surface area contributed by atoms with Crippen molar-refractivity contribution in [2.75, 3.05) is 6.61 Å². The highest BCUT2D eigenvalue weighted by molar-refractivity contribution is 6.30. The second-order valence-corrected chi connectivity index (χ2v) is 4.36. The van der Waals surface area contributed by atoms with Crippen LogP contribution in [-0.4, -0.2) is 17.9 Å². The Bertz CT molecular complexity index is 391. The van der Waals surface area contributed by atoms with E-state index in [0.717, 1.165) is 0 Å². The van der Waals surface area contributed by atoms with E-state index in [2.05, 4.69) is 0 Å². The first-order valence-corrected chi connectivity index (χ1v) is 5.84. The minimum absolute atomic E-state index is 0.0547. The molecule has 6 heteroatoms. The van der Waals surface area contributed by atoms with Crippen molar-refractivity contribution in [1.82, 2.24) is 0 Å². The molecule has 1 atom stereocenters. The van der Waals surface area contributed by atoms with Crippen LogP contribution in [-0.2, 0) is 0 Å². The molecule has 102 valence electrons. The summed E-state index contributed by atoms with van der Waals surface area (Å²) in [6, 6.07) is 4.63. The van der Waals surface area contributed by atoms with Gasteiger partial charge in [-0.15, -0.1) is 0 Å². The zero-order valence-corrected chi connectivity index (χ0v) is 10.6. The van der Waals surface area contributed by atoms with E-state index in [1.807, 2.05) is 0 Å². The minimum Gasteiger partial charge on any atom is -0.493 e. The van der Waals surface area contributed by atoms with Crippen molar-refractivity contribution in [2.45, 2.75) is 32.0 Å². The van der Waals surface area contributed by atoms with E-state index in [-0.39, 0.29) is 13.0 Å². The van der Waals surface area contributed by atoms with Crippen LogP contribution >= 0.6 is 11.6 Å². The van der Waals surface area contributed by atoms with Gasteiger partial charge in [0.25, 0.3) is 0 Å². The predicted octanol–water partition coefficient (Wildman–Crippen LogP) is 4.11. The lowest BCUT2D eigenvalue weighted by Gasteiger charge is -2.14. The van der Waals surface area contributed by atoms with Gasteiger partial charge in [-0.05, 0) is 31.5 Å². The van der Waals surface area contributed by atoms with Crippen molar-refractivity contribution in [3.63, 3.8) is 0 Å². The maximum atomic E-state index is 11.9. The second-order valence-electron chi connectivity index (χ2n) is 3.93. The summed E-state index contributed by atoms with van der Waals surface area (Å²) in [6.45, 7) is 1.48. The van der Waals surface area contributed by atoms with Crippen LogP contribution in [0.2, 0.25) is 5.02 Å². The summed E-state index contributed by atoms with van der Waals surface area (Å²) in [5, 5.41) is 9.93. The molecule has 1 aromatic carbocycles. The molecule has 0 amide bonds. The van der Waals surface area contributed by atoms with Crippen LogP contribution in [0.3, 0.4) is 0 Å². The molecule has 0 aliphatic carbocycles. The monoisotopic (exact) mass is 282 g/mol. The van der Waals surface area contributed by atoms with Crippen molar-refractivity contribution in [2.24, 2.45) is 0 Å². The molecule has 0 aliphatic rings. The van der Waals surface area contributed by atoms with Gasteiger partial charge in [0.15, 0.2) is 0 Å². The van der Waals surface area contributed by atoms with Crippen LogP contribution in [0, 0.1) is 0 Å². The van der Waals surface area contributed by atoms with E-state index in [9.17, 15) is 18.3 Å². The zero-order valence-electron chi connectivity index (χ0n) is 9.80. The number of ether oxygens (including phenoxy) is 1. The van der Waals surface area contributed by atoms with E-state index >= 15 is 0 Å². The largest absolute Gasteiger partial charge is 0.493 e. The Morgan fingerprint density at radius 1 is 1.39 bits per heavy atom. The SMILES string of the molecule is CC(O)c1cc(Cl)ccc1OCCCC(F)(F)F. The van der Waals surface area contributed by atoms with Gasteiger partial charge in [-0.2, -0.15) is 13.2 Å². The molecular weight excluding hydrogens is 269 g/mol. The van der Waals surface area contributed by atoms with Crippen LogP contribution in [0.4, 0.5) is 13.2 Å². The number of benzene rings is 1. The topological polar surface area (TPSA) is 29.5 Å². The fourth-order valence-corrected chi connectivity index (χ4v) is 1.61. The molecule has 18 heavy (non-hydrogen) atoms. The summed E-state index contributed by atoms with van der Waals surface area (Å²) in [4.78, 5) is 0. The standard InChI is InChI=1S/C12H14ClF3O2/c1-8(17)10-7-9(13)3-4-11(10)18-6-2-5-12(14,15)16/h3-4,7-8,17H,2,5-6H2,1H3. The van der Waals surface area contributed by atoms with E-state index in [1.165, 1.54) is 19.1 Å². The molecule has 0 bridgehead atoms.